The summed E-state index contributed by atoms with van der Waals surface area (Å²) in [6.45, 7) is 4.20. The van der Waals surface area contributed by atoms with Crippen molar-refractivity contribution in [2.24, 2.45) is 0 Å². The van der Waals surface area contributed by atoms with E-state index < -0.39 is 0 Å². The van der Waals surface area contributed by atoms with Crippen molar-refractivity contribution in [2.75, 3.05) is 7.05 Å². The van der Waals surface area contributed by atoms with Crippen LogP contribution in [-0.2, 0) is 6.54 Å². The number of amides is 1. The number of H-pyrrole nitrogens is 1. The topological polar surface area (TPSA) is 62.1 Å². The Morgan fingerprint density at radius 3 is 2.78 bits per heavy atom. The average molecular weight is 312 g/mol. The Morgan fingerprint density at radius 1 is 1.56 bits per heavy atom. The van der Waals surface area contributed by atoms with Crippen LogP contribution in [0.5, 0.6) is 0 Å². The van der Waals surface area contributed by atoms with Crippen LogP contribution in [0.15, 0.2) is 21.3 Å². The van der Waals surface area contributed by atoms with E-state index in [0.29, 0.717) is 12.2 Å². The van der Waals surface area contributed by atoms with Gasteiger partial charge in [0, 0.05) is 23.3 Å². The Labute approximate surface area is 113 Å². The molecule has 0 aromatic carbocycles. The summed E-state index contributed by atoms with van der Waals surface area (Å²) in [4.78, 5) is 16.7. The molecular formula is C12H14BrN3O2. The van der Waals surface area contributed by atoms with Crippen LogP contribution in [0, 0.1) is 13.8 Å². The van der Waals surface area contributed by atoms with Crippen molar-refractivity contribution in [3.05, 3.63) is 39.4 Å². The van der Waals surface area contributed by atoms with Gasteiger partial charge in [0.15, 0.2) is 0 Å². The minimum atomic E-state index is -0.0688. The summed E-state index contributed by atoms with van der Waals surface area (Å²) in [5, 5.41) is 3.88. The molecule has 0 radical (unpaired) electrons. The van der Waals surface area contributed by atoms with Crippen LogP contribution in [-0.4, -0.2) is 28.0 Å². The van der Waals surface area contributed by atoms with E-state index in [2.05, 4.69) is 26.1 Å². The molecule has 0 spiro atoms. The Kier molecular flexibility index (Phi) is 3.56. The minimum absolute atomic E-state index is 0.0688. The normalized spacial score (nSPS) is 10.7. The molecule has 5 nitrogen and oxygen atoms in total. The van der Waals surface area contributed by atoms with E-state index in [1.807, 2.05) is 13.8 Å². The zero-order valence-corrected chi connectivity index (χ0v) is 12.0. The molecule has 0 saturated heterocycles. The Bertz CT molecular complexity index is 554. The molecule has 0 fully saturated rings. The molecule has 6 heteroatoms. The first kappa shape index (κ1) is 12.9. The third-order valence-corrected chi connectivity index (χ3v) is 3.26. The number of rotatable bonds is 3. The number of aryl methyl sites for hydroxylation is 2. The lowest BCUT2D eigenvalue weighted by Gasteiger charge is -2.15. The molecule has 2 aromatic rings. The summed E-state index contributed by atoms with van der Waals surface area (Å²) in [5.41, 5.74) is 2.33. The molecule has 0 aliphatic carbocycles. The van der Waals surface area contributed by atoms with Gasteiger partial charge in [0.05, 0.1) is 12.2 Å². The third-order valence-electron chi connectivity index (χ3n) is 2.80. The lowest BCUT2D eigenvalue weighted by molar-refractivity contribution is 0.0779. The molecule has 0 unspecified atom stereocenters. The van der Waals surface area contributed by atoms with Gasteiger partial charge in [-0.3, -0.25) is 4.79 Å². The number of halogens is 1. The number of hydrogen-bond acceptors (Lipinski definition) is 3. The van der Waals surface area contributed by atoms with Crippen molar-refractivity contribution in [1.29, 1.82) is 0 Å². The number of aromatic amines is 1. The Balaban J connectivity index is 2.13. The maximum absolute atomic E-state index is 12.1. The Hall–Kier alpha value is -1.56. The van der Waals surface area contributed by atoms with Crippen LogP contribution in [0.4, 0.5) is 0 Å². The molecule has 1 amide bonds. The number of hydrogen-bond donors (Lipinski definition) is 1. The molecular weight excluding hydrogens is 298 g/mol. The first-order valence-electron chi connectivity index (χ1n) is 5.50. The van der Waals surface area contributed by atoms with E-state index in [4.69, 9.17) is 4.52 Å². The highest BCUT2D eigenvalue weighted by Crippen LogP contribution is 2.17. The van der Waals surface area contributed by atoms with Gasteiger partial charge in [-0.15, -0.1) is 0 Å². The quantitative estimate of drug-likeness (QED) is 0.948. The van der Waals surface area contributed by atoms with Gasteiger partial charge < -0.3 is 14.4 Å². The molecule has 2 aromatic heterocycles. The highest BCUT2D eigenvalue weighted by molar-refractivity contribution is 9.10. The van der Waals surface area contributed by atoms with E-state index in [9.17, 15) is 4.79 Å². The fourth-order valence-corrected chi connectivity index (χ4v) is 2.08. The van der Waals surface area contributed by atoms with Gasteiger partial charge in [0.25, 0.3) is 5.91 Å². The number of carbonyl (C=O) groups is 1. The zero-order valence-electron chi connectivity index (χ0n) is 10.5. The van der Waals surface area contributed by atoms with Crippen LogP contribution < -0.4 is 0 Å². The van der Waals surface area contributed by atoms with Gasteiger partial charge in [-0.25, -0.2) is 0 Å². The maximum atomic E-state index is 12.1. The van der Waals surface area contributed by atoms with Crippen molar-refractivity contribution >= 4 is 21.8 Å². The number of nitrogens with zero attached hydrogens (tertiary/aromatic N) is 2. The molecule has 1 N–H and O–H groups in total. The highest BCUT2D eigenvalue weighted by Gasteiger charge is 2.17. The standard InChI is InChI=1S/C12H14BrN3O2/c1-7-10(8(2)18-15-7)6-16(3)12(17)11-4-9(13)5-14-11/h4-5,14H,6H2,1-3H3. The summed E-state index contributed by atoms with van der Waals surface area (Å²) >= 11 is 3.31. The van der Waals surface area contributed by atoms with Crippen molar-refractivity contribution in [3.63, 3.8) is 0 Å². The SMILES string of the molecule is Cc1noc(C)c1CN(C)C(=O)c1cc(Br)c[nH]1. The molecule has 0 aliphatic heterocycles. The molecule has 2 heterocycles. The van der Waals surface area contributed by atoms with E-state index in [1.54, 1.807) is 24.2 Å². The number of aromatic nitrogens is 2. The first-order chi connectivity index (χ1) is 8.49. The minimum Gasteiger partial charge on any atom is -0.361 e. The molecule has 0 aliphatic rings. The van der Waals surface area contributed by atoms with Gasteiger partial charge in [-0.1, -0.05) is 5.16 Å². The fourth-order valence-electron chi connectivity index (χ4n) is 1.73. The first-order valence-corrected chi connectivity index (χ1v) is 6.29. The van der Waals surface area contributed by atoms with Gasteiger partial charge >= 0.3 is 0 Å². The van der Waals surface area contributed by atoms with Crippen molar-refractivity contribution in [2.45, 2.75) is 20.4 Å². The van der Waals surface area contributed by atoms with Crippen LogP contribution in [0.3, 0.4) is 0 Å². The van der Waals surface area contributed by atoms with E-state index >= 15 is 0 Å². The highest BCUT2D eigenvalue weighted by atomic mass is 79.9. The monoisotopic (exact) mass is 311 g/mol. The lowest BCUT2D eigenvalue weighted by atomic mass is 10.2. The molecule has 18 heavy (non-hydrogen) atoms. The predicted octanol–water partition coefficient (Wildman–Crippen LogP) is 2.65. The summed E-state index contributed by atoms with van der Waals surface area (Å²) in [7, 11) is 1.75. The molecule has 96 valence electrons. The summed E-state index contributed by atoms with van der Waals surface area (Å²) in [6.07, 6.45) is 1.73. The van der Waals surface area contributed by atoms with Crippen molar-refractivity contribution in [3.8, 4) is 0 Å². The summed E-state index contributed by atoms with van der Waals surface area (Å²) in [5.74, 6) is 0.681. The predicted molar refractivity (Wildman–Crippen MR) is 70.3 cm³/mol. The second-order valence-electron chi connectivity index (χ2n) is 4.20. The Morgan fingerprint density at radius 2 is 2.28 bits per heavy atom. The summed E-state index contributed by atoms with van der Waals surface area (Å²) in [6, 6.07) is 1.76. The van der Waals surface area contributed by atoms with E-state index in [0.717, 1.165) is 21.5 Å². The number of nitrogens with one attached hydrogen (secondary N) is 1. The molecule has 0 bridgehead atoms. The van der Waals surface area contributed by atoms with Crippen LogP contribution in [0.1, 0.15) is 27.5 Å². The second-order valence-corrected chi connectivity index (χ2v) is 5.11. The van der Waals surface area contributed by atoms with Crippen molar-refractivity contribution < 1.29 is 9.32 Å². The van der Waals surface area contributed by atoms with Crippen LogP contribution in [0.25, 0.3) is 0 Å². The number of carbonyl (C=O) groups excluding carboxylic acids is 1. The van der Waals surface area contributed by atoms with Crippen LogP contribution in [0.2, 0.25) is 0 Å². The largest absolute Gasteiger partial charge is 0.361 e. The van der Waals surface area contributed by atoms with Gasteiger partial charge in [-0.05, 0) is 35.8 Å². The van der Waals surface area contributed by atoms with Gasteiger partial charge in [0.1, 0.15) is 11.5 Å². The van der Waals surface area contributed by atoms with Crippen molar-refractivity contribution in [1.82, 2.24) is 15.0 Å². The van der Waals surface area contributed by atoms with Gasteiger partial charge in [-0.2, -0.15) is 0 Å². The smallest absolute Gasteiger partial charge is 0.270 e. The third kappa shape index (κ3) is 2.48. The second kappa shape index (κ2) is 4.97. The molecule has 2 rings (SSSR count). The van der Waals surface area contributed by atoms with E-state index in [-0.39, 0.29) is 5.91 Å². The maximum Gasteiger partial charge on any atom is 0.270 e. The van der Waals surface area contributed by atoms with Gasteiger partial charge in [0.2, 0.25) is 0 Å². The fraction of sp³-hybridized carbons (Fsp3) is 0.333. The van der Waals surface area contributed by atoms with E-state index in [1.165, 1.54) is 0 Å². The zero-order chi connectivity index (χ0) is 13.3. The molecule has 0 saturated carbocycles. The molecule has 0 atom stereocenters. The lowest BCUT2D eigenvalue weighted by Crippen LogP contribution is -2.26. The summed E-state index contributed by atoms with van der Waals surface area (Å²) < 4.78 is 5.94. The van der Waals surface area contributed by atoms with Crippen LogP contribution >= 0.6 is 15.9 Å². The average Bonchev–Trinajstić information content (AvgIpc) is 2.89.